The van der Waals surface area contributed by atoms with Gasteiger partial charge in [0.25, 0.3) is 5.91 Å². The Hall–Kier alpha value is -3.64. The van der Waals surface area contributed by atoms with Crippen molar-refractivity contribution in [2.24, 2.45) is 5.41 Å². The first-order valence-corrected chi connectivity index (χ1v) is 13.2. The number of carboxylic acids is 1. The van der Waals surface area contributed by atoms with Gasteiger partial charge in [-0.2, -0.15) is 0 Å². The van der Waals surface area contributed by atoms with Crippen LogP contribution in [0.25, 0.3) is 10.2 Å². The summed E-state index contributed by atoms with van der Waals surface area (Å²) in [5.41, 5.74) is 0.474. The van der Waals surface area contributed by atoms with Gasteiger partial charge in [0.1, 0.15) is 10.8 Å². The molecule has 2 amide bonds. The molecule has 39 heavy (non-hydrogen) atoms. The largest absolute Gasteiger partial charge is 0.496 e. The second-order valence-corrected chi connectivity index (χ2v) is 11.5. The Labute approximate surface area is 227 Å². The van der Waals surface area contributed by atoms with Gasteiger partial charge < -0.3 is 25.0 Å². The van der Waals surface area contributed by atoms with Crippen molar-refractivity contribution in [3.63, 3.8) is 0 Å². The molecule has 0 unspecified atom stereocenters. The van der Waals surface area contributed by atoms with Gasteiger partial charge >= 0.3 is 5.97 Å². The highest BCUT2D eigenvalue weighted by molar-refractivity contribution is 7.18. The number of halogens is 2. The van der Waals surface area contributed by atoms with Crippen LogP contribution in [0.4, 0.5) is 8.78 Å². The maximum absolute atomic E-state index is 13.8. The molecule has 12 heteroatoms. The number of carboxylic acid groups (broad SMARTS) is 1. The van der Waals surface area contributed by atoms with Gasteiger partial charge in [0.15, 0.2) is 11.6 Å². The Morgan fingerprint density at radius 1 is 1.15 bits per heavy atom. The number of benzene rings is 2. The quantitative estimate of drug-likeness (QED) is 0.437. The van der Waals surface area contributed by atoms with Crippen molar-refractivity contribution in [1.82, 2.24) is 20.1 Å². The van der Waals surface area contributed by atoms with Gasteiger partial charge in [-0.3, -0.25) is 14.4 Å². The van der Waals surface area contributed by atoms with Crippen LogP contribution in [-0.2, 0) is 29.0 Å². The van der Waals surface area contributed by atoms with E-state index < -0.39 is 35.3 Å². The zero-order valence-corrected chi connectivity index (χ0v) is 22.5. The number of methoxy groups -OCH3 is 1. The van der Waals surface area contributed by atoms with E-state index in [1.54, 1.807) is 17.0 Å². The van der Waals surface area contributed by atoms with Crippen LogP contribution in [0.2, 0.25) is 0 Å². The molecule has 2 heterocycles. The van der Waals surface area contributed by atoms with E-state index >= 15 is 0 Å². The summed E-state index contributed by atoms with van der Waals surface area (Å²) in [6, 6.07) is 5.81. The third kappa shape index (κ3) is 5.06. The van der Waals surface area contributed by atoms with E-state index in [1.807, 2.05) is 14.1 Å². The molecule has 2 aliphatic rings. The van der Waals surface area contributed by atoms with Crippen LogP contribution in [0, 0.1) is 17.0 Å². The lowest BCUT2D eigenvalue weighted by molar-refractivity contribution is -0.145. The van der Waals surface area contributed by atoms with E-state index in [0.29, 0.717) is 52.1 Å². The van der Waals surface area contributed by atoms with Crippen LogP contribution in [0.15, 0.2) is 24.3 Å². The highest BCUT2D eigenvalue weighted by Crippen LogP contribution is 2.41. The second-order valence-electron chi connectivity index (χ2n) is 10.4. The van der Waals surface area contributed by atoms with Gasteiger partial charge in [-0.15, -0.1) is 11.3 Å². The van der Waals surface area contributed by atoms with E-state index in [1.165, 1.54) is 18.4 Å². The molecule has 0 spiro atoms. The molecular formula is C27H28F2N4O5S. The second kappa shape index (κ2) is 10.2. The SMILES string of the molecule is COc1cc2sc(CNC(=O)C3(CC(=O)O)Cc4cc(F)c(F)cc4C3)nc2cc1C(=O)N1CC(N(C)C)C1. The number of carbonyl (C=O) groups excluding carboxylic acids is 2. The molecule has 0 radical (unpaired) electrons. The maximum Gasteiger partial charge on any atom is 0.304 e. The van der Waals surface area contributed by atoms with Crippen molar-refractivity contribution < 1.29 is 33.0 Å². The Balaban J connectivity index is 1.33. The molecule has 2 N–H and O–H groups in total. The van der Waals surface area contributed by atoms with Crippen molar-refractivity contribution in [2.75, 3.05) is 34.3 Å². The highest BCUT2D eigenvalue weighted by atomic mass is 32.1. The fourth-order valence-electron chi connectivity index (χ4n) is 5.28. The van der Waals surface area contributed by atoms with E-state index in [9.17, 15) is 28.3 Å². The Kier molecular flexibility index (Phi) is 7.02. The molecule has 1 saturated heterocycles. The van der Waals surface area contributed by atoms with Crippen LogP contribution < -0.4 is 10.1 Å². The first-order chi connectivity index (χ1) is 18.5. The lowest BCUT2D eigenvalue weighted by Gasteiger charge is -2.42. The summed E-state index contributed by atoms with van der Waals surface area (Å²) < 4.78 is 33.8. The van der Waals surface area contributed by atoms with Crippen LogP contribution in [0.5, 0.6) is 5.75 Å². The van der Waals surface area contributed by atoms with Crippen molar-refractivity contribution in [1.29, 1.82) is 0 Å². The minimum absolute atomic E-state index is 0.00857. The summed E-state index contributed by atoms with van der Waals surface area (Å²) in [6.45, 7) is 1.28. The zero-order chi connectivity index (χ0) is 28.1. The number of aromatic nitrogens is 1. The number of likely N-dealkylation sites (N-methyl/N-ethyl adjacent to an activating group) is 1. The molecule has 0 saturated carbocycles. The predicted molar refractivity (Wildman–Crippen MR) is 140 cm³/mol. The molecule has 3 aromatic rings. The van der Waals surface area contributed by atoms with Gasteiger partial charge in [-0.1, -0.05) is 0 Å². The predicted octanol–water partition coefficient (Wildman–Crippen LogP) is 2.85. The standard InChI is InChI=1S/C27H28F2N4O5S/c1-32(2)16-12-33(13-16)25(36)17-6-20-22(7-21(17)38-3)39-23(31-20)11-30-26(37)27(10-24(34)35)8-14-4-18(28)19(29)5-15(14)9-27/h4-7,16H,8-13H2,1-3H3,(H,30,37)(H,34,35). The zero-order valence-electron chi connectivity index (χ0n) is 21.7. The summed E-state index contributed by atoms with van der Waals surface area (Å²) in [5, 5.41) is 12.8. The number of hydrogen-bond donors (Lipinski definition) is 2. The number of hydrogen-bond acceptors (Lipinski definition) is 7. The molecule has 1 aromatic heterocycles. The third-order valence-electron chi connectivity index (χ3n) is 7.54. The van der Waals surface area contributed by atoms with Crippen molar-refractivity contribution in [3.8, 4) is 5.75 Å². The van der Waals surface area contributed by atoms with Gasteiger partial charge in [0.05, 0.1) is 41.3 Å². The molecule has 2 aromatic carbocycles. The number of thiazole rings is 1. The molecule has 1 aliphatic heterocycles. The minimum atomic E-state index is -1.37. The highest BCUT2D eigenvalue weighted by Gasteiger charge is 2.46. The van der Waals surface area contributed by atoms with Crippen LogP contribution in [0.1, 0.15) is 32.9 Å². The van der Waals surface area contributed by atoms with Crippen molar-refractivity contribution in [3.05, 3.63) is 57.6 Å². The number of nitrogens with zero attached hydrogens (tertiary/aromatic N) is 3. The first kappa shape index (κ1) is 26.9. The fraction of sp³-hybridized carbons (Fsp3) is 0.407. The summed E-state index contributed by atoms with van der Waals surface area (Å²) in [7, 11) is 5.45. The summed E-state index contributed by atoms with van der Waals surface area (Å²) >= 11 is 1.32. The normalized spacial score (nSPS) is 16.3. The number of rotatable bonds is 8. The lowest BCUT2D eigenvalue weighted by Crippen LogP contribution is -2.59. The Morgan fingerprint density at radius 3 is 2.36 bits per heavy atom. The van der Waals surface area contributed by atoms with Crippen molar-refractivity contribution in [2.45, 2.75) is 31.8 Å². The lowest BCUT2D eigenvalue weighted by atomic mass is 9.80. The van der Waals surface area contributed by atoms with Crippen LogP contribution >= 0.6 is 11.3 Å². The van der Waals surface area contributed by atoms with E-state index in [-0.39, 0.29) is 25.3 Å². The van der Waals surface area contributed by atoms with E-state index in [2.05, 4.69) is 15.2 Å². The monoisotopic (exact) mass is 558 g/mol. The molecule has 0 bridgehead atoms. The van der Waals surface area contributed by atoms with Gasteiger partial charge in [-0.25, -0.2) is 13.8 Å². The summed E-state index contributed by atoms with van der Waals surface area (Å²) in [5.74, 6) is -3.47. The van der Waals surface area contributed by atoms with Gasteiger partial charge in [0.2, 0.25) is 5.91 Å². The van der Waals surface area contributed by atoms with Gasteiger partial charge in [0, 0.05) is 25.2 Å². The Morgan fingerprint density at radius 2 is 1.79 bits per heavy atom. The third-order valence-corrected chi connectivity index (χ3v) is 8.55. The van der Waals surface area contributed by atoms with E-state index in [0.717, 1.165) is 16.8 Å². The smallest absolute Gasteiger partial charge is 0.304 e. The average molecular weight is 559 g/mol. The molecule has 0 atom stereocenters. The maximum atomic E-state index is 13.8. The first-order valence-electron chi connectivity index (χ1n) is 12.4. The van der Waals surface area contributed by atoms with Crippen LogP contribution in [0.3, 0.4) is 0 Å². The van der Waals surface area contributed by atoms with Crippen LogP contribution in [-0.4, -0.2) is 78.0 Å². The molecule has 1 fully saturated rings. The number of nitrogens with one attached hydrogen (secondary N) is 1. The Bertz CT molecular complexity index is 1450. The van der Waals surface area contributed by atoms with Gasteiger partial charge in [-0.05, 0) is 56.3 Å². The molecule has 5 rings (SSSR count). The number of fused-ring (bicyclic) bond motifs is 2. The molecule has 9 nitrogen and oxygen atoms in total. The molecule has 1 aliphatic carbocycles. The van der Waals surface area contributed by atoms with Crippen molar-refractivity contribution >= 4 is 39.3 Å². The molecular weight excluding hydrogens is 530 g/mol. The number of amides is 2. The number of likely N-dealkylation sites (tertiary alicyclic amines) is 1. The number of carbonyl (C=O) groups is 3. The molecule has 206 valence electrons. The van der Waals surface area contributed by atoms with E-state index in [4.69, 9.17) is 4.74 Å². The number of ether oxygens (including phenoxy) is 1. The topological polar surface area (TPSA) is 112 Å². The average Bonchev–Trinajstić information content (AvgIpc) is 3.40. The fourth-order valence-corrected chi connectivity index (χ4v) is 6.20. The summed E-state index contributed by atoms with van der Waals surface area (Å²) in [6.07, 6.45) is -0.499. The number of aliphatic carboxylic acids is 1. The minimum Gasteiger partial charge on any atom is -0.496 e. The summed E-state index contributed by atoms with van der Waals surface area (Å²) in [4.78, 5) is 46.4.